The van der Waals surface area contributed by atoms with Crippen LogP contribution >= 0.6 is 11.6 Å². The summed E-state index contributed by atoms with van der Waals surface area (Å²) in [7, 11) is 1.90. The highest BCUT2D eigenvalue weighted by atomic mass is 35.5. The summed E-state index contributed by atoms with van der Waals surface area (Å²) >= 11 is 6.02. The highest BCUT2D eigenvalue weighted by molar-refractivity contribution is 6.30. The summed E-state index contributed by atoms with van der Waals surface area (Å²) in [6.45, 7) is 4.32. The van der Waals surface area contributed by atoms with Crippen molar-refractivity contribution >= 4 is 11.6 Å². The molecule has 0 aliphatic heterocycles. The van der Waals surface area contributed by atoms with Gasteiger partial charge in [0.05, 0.1) is 7.05 Å². The lowest BCUT2D eigenvalue weighted by atomic mass is 10.0. The SMILES string of the molecule is CC(C)c1cc(Cl)ccc1-[n+]1cnn(C)c1. The summed E-state index contributed by atoms with van der Waals surface area (Å²) < 4.78 is 3.78. The number of rotatable bonds is 2. The highest BCUT2D eigenvalue weighted by Gasteiger charge is 2.13. The first-order valence-corrected chi connectivity index (χ1v) is 5.65. The van der Waals surface area contributed by atoms with E-state index in [2.05, 4.69) is 18.9 Å². The third-order valence-electron chi connectivity index (χ3n) is 2.54. The Kier molecular flexibility index (Phi) is 2.97. The quantitative estimate of drug-likeness (QED) is 0.735. The first-order chi connectivity index (χ1) is 7.58. The van der Waals surface area contributed by atoms with Crippen LogP contribution in [0.25, 0.3) is 5.69 Å². The summed E-state index contributed by atoms with van der Waals surface area (Å²) in [5.41, 5.74) is 2.36. The number of halogens is 1. The molecule has 0 bridgehead atoms. The van der Waals surface area contributed by atoms with Crippen LogP contribution in [0.4, 0.5) is 0 Å². The van der Waals surface area contributed by atoms with E-state index in [0.717, 1.165) is 10.7 Å². The van der Waals surface area contributed by atoms with Gasteiger partial charge in [0.1, 0.15) is 5.69 Å². The standard InChI is InChI=1S/C12H15ClN3/c1-9(2)11-6-10(13)4-5-12(11)16-7-14-15(3)8-16/h4-9H,1-3H3/q+1. The fraction of sp³-hybridized carbons (Fsp3) is 0.333. The van der Waals surface area contributed by atoms with Gasteiger partial charge in [0.15, 0.2) is 0 Å². The number of nitrogens with zero attached hydrogens (tertiary/aromatic N) is 3. The molecule has 2 rings (SSSR count). The number of benzene rings is 1. The van der Waals surface area contributed by atoms with E-state index in [1.54, 1.807) is 11.0 Å². The third kappa shape index (κ3) is 2.09. The van der Waals surface area contributed by atoms with Crippen molar-refractivity contribution in [3.8, 4) is 5.69 Å². The van der Waals surface area contributed by atoms with Gasteiger partial charge in [-0.3, -0.25) is 0 Å². The Morgan fingerprint density at radius 3 is 2.69 bits per heavy atom. The minimum absolute atomic E-state index is 0.432. The molecule has 0 aliphatic carbocycles. The maximum atomic E-state index is 6.02. The summed E-state index contributed by atoms with van der Waals surface area (Å²) in [5, 5.41) is 4.94. The number of hydrogen-bond acceptors (Lipinski definition) is 1. The molecule has 0 radical (unpaired) electrons. The van der Waals surface area contributed by atoms with Crippen molar-refractivity contribution in [3.05, 3.63) is 41.4 Å². The number of aryl methyl sites for hydroxylation is 1. The van der Waals surface area contributed by atoms with E-state index in [4.69, 9.17) is 11.6 Å². The van der Waals surface area contributed by atoms with Crippen molar-refractivity contribution in [2.45, 2.75) is 19.8 Å². The fourth-order valence-corrected chi connectivity index (χ4v) is 1.90. The van der Waals surface area contributed by atoms with Crippen molar-refractivity contribution in [2.75, 3.05) is 0 Å². The van der Waals surface area contributed by atoms with E-state index in [1.165, 1.54) is 5.56 Å². The largest absolute Gasteiger partial charge is 0.270 e. The van der Waals surface area contributed by atoms with Gasteiger partial charge in [0.2, 0.25) is 6.33 Å². The van der Waals surface area contributed by atoms with Gasteiger partial charge >= 0.3 is 0 Å². The predicted molar refractivity (Wildman–Crippen MR) is 63.8 cm³/mol. The van der Waals surface area contributed by atoms with Crippen LogP contribution < -0.4 is 4.57 Å². The van der Waals surface area contributed by atoms with Crippen LogP contribution in [-0.2, 0) is 7.05 Å². The van der Waals surface area contributed by atoms with Crippen LogP contribution in [0, 0.1) is 0 Å². The Morgan fingerprint density at radius 1 is 1.38 bits per heavy atom. The van der Waals surface area contributed by atoms with Gasteiger partial charge in [-0.15, -0.1) is 4.68 Å². The lowest BCUT2D eigenvalue weighted by Gasteiger charge is -2.10. The second-order valence-electron chi connectivity index (χ2n) is 4.19. The molecule has 0 aliphatic rings. The van der Waals surface area contributed by atoms with E-state index < -0.39 is 0 Å². The topological polar surface area (TPSA) is 21.7 Å². The van der Waals surface area contributed by atoms with Crippen LogP contribution in [-0.4, -0.2) is 9.78 Å². The molecule has 0 saturated carbocycles. The van der Waals surface area contributed by atoms with Crippen molar-refractivity contribution in [3.63, 3.8) is 0 Å². The van der Waals surface area contributed by atoms with Crippen molar-refractivity contribution in [2.24, 2.45) is 7.05 Å². The van der Waals surface area contributed by atoms with E-state index in [1.807, 2.05) is 36.1 Å². The Balaban J connectivity index is 2.56. The van der Waals surface area contributed by atoms with E-state index in [9.17, 15) is 0 Å². The zero-order valence-electron chi connectivity index (χ0n) is 9.68. The molecule has 1 aromatic heterocycles. The van der Waals surface area contributed by atoms with Crippen LogP contribution in [0.1, 0.15) is 25.3 Å². The van der Waals surface area contributed by atoms with Gasteiger partial charge < -0.3 is 0 Å². The molecule has 0 amide bonds. The Labute approximate surface area is 100 Å². The van der Waals surface area contributed by atoms with E-state index in [0.29, 0.717) is 5.92 Å². The molecule has 0 N–H and O–H groups in total. The van der Waals surface area contributed by atoms with Gasteiger partial charge in [-0.25, -0.2) is 4.57 Å². The molecule has 0 unspecified atom stereocenters. The molecule has 16 heavy (non-hydrogen) atoms. The summed E-state index contributed by atoms with van der Waals surface area (Å²) in [6.07, 6.45) is 3.74. The van der Waals surface area contributed by atoms with Gasteiger partial charge in [-0.05, 0) is 29.7 Å². The van der Waals surface area contributed by atoms with Crippen molar-refractivity contribution in [1.82, 2.24) is 9.78 Å². The molecule has 0 saturated heterocycles. The molecule has 2 aromatic rings. The van der Waals surface area contributed by atoms with Gasteiger partial charge in [0.25, 0.3) is 6.33 Å². The van der Waals surface area contributed by atoms with Crippen LogP contribution in [0.5, 0.6) is 0 Å². The molecular weight excluding hydrogens is 222 g/mol. The Bertz CT molecular complexity index is 503. The molecule has 0 atom stereocenters. The smallest absolute Gasteiger partial charge is 0.203 e. The van der Waals surface area contributed by atoms with Crippen LogP contribution in [0.15, 0.2) is 30.9 Å². The van der Waals surface area contributed by atoms with Crippen LogP contribution in [0.2, 0.25) is 5.02 Å². The average Bonchev–Trinajstić information content (AvgIpc) is 2.64. The maximum absolute atomic E-state index is 6.02. The molecule has 0 spiro atoms. The third-order valence-corrected chi connectivity index (χ3v) is 2.77. The van der Waals surface area contributed by atoms with E-state index in [-0.39, 0.29) is 0 Å². The highest BCUT2D eigenvalue weighted by Crippen LogP contribution is 2.23. The zero-order valence-corrected chi connectivity index (χ0v) is 10.4. The number of aromatic nitrogens is 3. The maximum Gasteiger partial charge on any atom is 0.270 e. The average molecular weight is 237 g/mol. The minimum atomic E-state index is 0.432. The van der Waals surface area contributed by atoms with Crippen molar-refractivity contribution in [1.29, 1.82) is 0 Å². The van der Waals surface area contributed by atoms with Crippen LogP contribution in [0.3, 0.4) is 0 Å². The second-order valence-corrected chi connectivity index (χ2v) is 4.62. The van der Waals surface area contributed by atoms with Gasteiger partial charge in [0, 0.05) is 10.1 Å². The summed E-state index contributed by atoms with van der Waals surface area (Å²) in [5.74, 6) is 0.432. The molecule has 84 valence electrons. The lowest BCUT2D eigenvalue weighted by Crippen LogP contribution is -2.29. The van der Waals surface area contributed by atoms with Gasteiger partial charge in [-0.2, -0.15) is 0 Å². The number of hydrogen-bond donors (Lipinski definition) is 0. The molecule has 1 heterocycles. The minimum Gasteiger partial charge on any atom is -0.203 e. The molecule has 3 nitrogen and oxygen atoms in total. The fourth-order valence-electron chi connectivity index (χ4n) is 1.72. The van der Waals surface area contributed by atoms with Crippen molar-refractivity contribution < 1.29 is 4.57 Å². The summed E-state index contributed by atoms with van der Waals surface area (Å²) in [4.78, 5) is 0. The molecule has 4 heteroatoms. The lowest BCUT2D eigenvalue weighted by molar-refractivity contribution is -0.597. The monoisotopic (exact) mass is 236 g/mol. The summed E-state index contributed by atoms with van der Waals surface area (Å²) in [6, 6.07) is 5.95. The first-order valence-electron chi connectivity index (χ1n) is 5.27. The molecular formula is C12H15ClN3+. The Hall–Kier alpha value is -1.35. The first kappa shape index (κ1) is 11.1. The van der Waals surface area contributed by atoms with E-state index >= 15 is 0 Å². The van der Waals surface area contributed by atoms with Gasteiger partial charge in [-0.1, -0.05) is 25.4 Å². The molecule has 1 aromatic carbocycles. The zero-order chi connectivity index (χ0) is 11.7. The Morgan fingerprint density at radius 2 is 2.12 bits per heavy atom. The molecule has 0 fully saturated rings. The normalized spacial score (nSPS) is 11.1. The predicted octanol–water partition coefficient (Wildman–Crippen LogP) is 2.47. The second kappa shape index (κ2) is 4.26.